The molecule has 0 amide bonds. The zero-order chi connectivity index (χ0) is 24.9. The Morgan fingerprint density at radius 2 is 1.89 bits per heavy atom. The van der Waals surface area contributed by atoms with Crippen LogP contribution < -0.4 is 21.3 Å². The van der Waals surface area contributed by atoms with Crippen molar-refractivity contribution in [1.82, 2.24) is 19.1 Å². The number of benzene rings is 2. The zero-order valence-electron chi connectivity index (χ0n) is 18.9. The van der Waals surface area contributed by atoms with E-state index in [1.165, 1.54) is 40.4 Å². The Morgan fingerprint density at radius 1 is 1.17 bits per heavy atom. The molecule has 0 aliphatic carbocycles. The van der Waals surface area contributed by atoms with E-state index in [0.29, 0.717) is 24.7 Å². The topological polar surface area (TPSA) is 157 Å². The lowest BCUT2D eigenvalue weighted by molar-refractivity contribution is -0.384. The standard InChI is InChI=1S/C23H24N6O6/c1-27-20-19(21(31)26-23(27)32)28(22(25-20)24-12-11-15-5-3-2-4-6-15)13-17(30)14-35-18-9-7-16(8-10-18)29(33)34/h2-10,17,30H,11-14H2,1H3,(H,24,25)(H,26,31,32)/t17-/m0/s1. The van der Waals surface area contributed by atoms with Crippen molar-refractivity contribution in [3.8, 4) is 5.75 Å². The largest absolute Gasteiger partial charge is 0.491 e. The van der Waals surface area contributed by atoms with Crippen molar-refractivity contribution in [3.63, 3.8) is 0 Å². The number of nitro benzene ring substituents is 1. The van der Waals surface area contributed by atoms with Crippen LogP contribution in [0.15, 0.2) is 64.2 Å². The summed E-state index contributed by atoms with van der Waals surface area (Å²) in [7, 11) is 1.50. The second-order valence-corrected chi connectivity index (χ2v) is 7.91. The molecule has 0 bridgehead atoms. The number of rotatable bonds is 10. The minimum atomic E-state index is -1.05. The molecule has 0 fully saturated rings. The van der Waals surface area contributed by atoms with Crippen molar-refractivity contribution in [2.75, 3.05) is 18.5 Å². The monoisotopic (exact) mass is 480 g/mol. The number of aliphatic hydroxyl groups is 1. The first-order valence-corrected chi connectivity index (χ1v) is 10.9. The van der Waals surface area contributed by atoms with E-state index < -0.39 is 22.3 Å². The number of aromatic nitrogens is 4. The van der Waals surface area contributed by atoms with E-state index in [2.05, 4.69) is 15.3 Å². The van der Waals surface area contributed by atoms with Crippen LogP contribution in [0.1, 0.15) is 5.56 Å². The van der Waals surface area contributed by atoms with Gasteiger partial charge in [0.2, 0.25) is 5.95 Å². The molecule has 0 aliphatic heterocycles. The van der Waals surface area contributed by atoms with Crippen molar-refractivity contribution in [2.24, 2.45) is 7.05 Å². The van der Waals surface area contributed by atoms with Crippen LogP contribution in [0, 0.1) is 10.1 Å². The Hall–Kier alpha value is -4.45. The third-order valence-electron chi connectivity index (χ3n) is 5.43. The Labute approximate surface area is 198 Å². The first kappa shape index (κ1) is 23.7. The van der Waals surface area contributed by atoms with E-state index in [9.17, 15) is 24.8 Å². The highest BCUT2D eigenvalue weighted by molar-refractivity contribution is 5.74. The van der Waals surface area contributed by atoms with Crippen LogP contribution in [0.5, 0.6) is 5.75 Å². The van der Waals surface area contributed by atoms with E-state index >= 15 is 0 Å². The minimum Gasteiger partial charge on any atom is -0.491 e. The van der Waals surface area contributed by atoms with E-state index in [0.717, 1.165) is 5.56 Å². The van der Waals surface area contributed by atoms with Crippen LogP contribution >= 0.6 is 0 Å². The van der Waals surface area contributed by atoms with Crippen molar-refractivity contribution >= 4 is 22.8 Å². The fourth-order valence-corrected chi connectivity index (χ4v) is 3.63. The molecule has 0 spiro atoms. The molecule has 0 saturated carbocycles. The van der Waals surface area contributed by atoms with Crippen molar-refractivity contribution in [3.05, 3.63) is 91.1 Å². The molecule has 182 valence electrons. The number of nitrogens with one attached hydrogen (secondary N) is 2. The Morgan fingerprint density at radius 3 is 2.57 bits per heavy atom. The molecule has 2 heterocycles. The Kier molecular flexibility index (Phi) is 6.92. The highest BCUT2D eigenvalue weighted by Crippen LogP contribution is 2.19. The molecule has 4 aromatic rings. The van der Waals surface area contributed by atoms with Gasteiger partial charge < -0.3 is 19.7 Å². The first-order valence-electron chi connectivity index (χ1n) is 10.9. The molecule has 0 aliphatic rings. The van der Waals surface area contributed by atoms with E-state index in [1.54, 1.807) is 0 Å². The lowest BCUT2D eigenvalue weighted by atomic mass is 10.1. The number of nitro groups is 1. The van der Waals surface area contributed by atoms with Gasteiger partial charge in [-0.05, 0) is 24.1 Å². The zero-order valence-corrected chi connectivity index (χ0v) is 18.9. The number of hydrogen-bond acceptors (Lipinski definition) is 8. The van der Waals surface area contributed by atoms with Crippen molar-refractivity contribution in [1.29, 1.82) is 0 Å². The number of H-pyrrole nitrogens is 1. The van der Waals surface area contributed by atoms with Gasteiger partial charge in [-0.1, -0.05) is 30.3 Å². The van der Waals surface area contributed by atoms with Gasteiger partial charge in [-0.25, -0.2) is 4.79 Å². The van der Waals surface area contributed by atoms with Gasteiger partial charge >= 0.3 is 5.69 Å². The molecule has 2 aromatic heterocycles. The molecule has 0 unspecified atom stereocenters. The van der Waals surface area contributed by atoms with Gasteiger partial charge in [0.25, 0.3) is 11.2 Å². The molecular formula is C23H24N6O6. The molecule has 35 heavy (non-hydrogen) atoms. The summed E-state index contributed by atoms with van der Waals surface area (Å²) < 4.78 is 8.30. The smallest absolute Gasteiger partial charge is 0.329 e. The summed E-state index contributed by atoms with van der Waals surface area (Å²) in [6, 6.07) is 15.3. The van der Waals surface area contributed by atoms with Gasteiger partial charge in [-0.3, -0.25) is 24.5 Å². The van der Waals surface area contributed by atoms with Gasteiger partial charge in [-0.2, -0.15) is 4.98 Å². The lowest BCUT2D eigenvalue weighted by Gasteiger charge is -2.16. The normalized spacial score (nSPS) is 11.9. The highest BCUT2D eigenvalue weighted by Gasteiger charge is 2.20. The summed E-state index contributed by atoms with van der Waals surface area (Å²) in [4.78, 5) is 41.6. The molecule has 12 nitrogen and oxygen atoms in total. The van der Waals surface area contributed by atoms with Crippen LogP contribution in [0.2, 0.25) is 0 Å². The third-order valence-corrected chi connectivity index (χ3v) is 5.43. The molecular weight excluding hydrogens is 456 g/mol. The predicted octanol–water partition coefficient (Wildman–Crippen LogP) is 1.43. The van der Waals surface area contributed by atoms with Crippen LogP contribution in [-0.4, -0.2) is 48.4 Å². The second kappa shape index (κ2) is 10.2. The molecule has 0 radical (unpaired) electrons. The number of aliphatic hydroxyl groups excluding tert-OH is 1. The number of ether oxygens (including phenoxy) is 1. The SMILES string of the molecule is Cn1c(=O)[nH]c(=O)c2c1nc(NCCc1ccccc1)n2C[C@H](O)COc1ccc([N+](=O)[O-])cc1. The van der Waals surface area contributed by atoms with Gasteiger partial charge in [-0.15, -0.1) is 0 Å². The highest BCUT2D eigenvalue weighted by atomic mass is 16.6. The summed E-state index contributed by atoms with van der Waals surface area (Å²) in [5.74, 6) is 0.684. The summed E-state index contributed by atoms with van der Waals surface area (Å²) in [5.41, 5.74) is 0.164. The fourth-order valence-electron chi connectivity index (χ4n) is 3.63. The molecule has 4 rings (SSSR count). The quantitative estimate of drug-likeness (QED) is 0.227. The van der Waals surface area contributed by atoms with E-state index in [4.69, 9.17) is 4.74 Å². The molecule has 2 aromatic carbocycles. The van der Waals surface area contributed by atoms with Crippen molar-refractivity contribution in [2.45, 2.75) is 19.1 Å². The van der Waals surface area contributed by atoms with Gasteiger partial charge in [0.05, 0.1) is 11.5 Å². The lowest BCUT2D eigenvalue weighted by Crippen LogP contribution is -2.31. The van der Waals surface area contributed by atoms with Crippen LogP contribution in [0.3, 0.4) is 0 Å². The third kappa shape index (κ3) is 5.38. The average molecular weight is 480 g/mol. The number of anilines is 1. The number of nitrogens with zero attached hydrogens (tertiary/aromatic N) is 4. The van der Waals surface area contributed by atoms with E-state index in [-0.39, 0.29) is 30.0 Å². The van der Waals surface area contributed by atoms with E-state index in [1.807, 2.05) is 30.3 Å². The maximum absolute atomic E-state index is 12.6. The van der Waals surface area contributed by atoms with Crippen LogP contribution in [0.25, 0.3) is 11.2 Å². The van der Waals surface area contributed by atoms with Crippen molar-refractivity contribution < 1.29 is 14.8 Å². The average Bonchev–Trinajstić information content (AvgIpc) is 3.21. The Balaban J connectivity index is 1.53. The number of hydrogen-bond donors (Lipinski definition) is 3. The molecule has 3 N–H and O–H groups in total. The number of fused-ring (bicyclic) bond motifs is 1. The van der Waals surface area contributed by atoms with Gasteiger partial charge in [0, 0.05) is 25.7 Å². The first-order chi connectivity index (χ1) is 16.8. The second-order valence-electron chi connectivity index (χ2n) is 7.91. The summed E-state index contributed by atoms with van der Waals surface area (Å²) >= 11 is 0. The Bertz CT molecular complexity index is 1440. The number of non-ortho nitro benzene ring substituents is 1. The van der Waals surface area contributed by atoms with Gasteiger partial charge in [0.15, 0.2) is 11.2 Å². The predicted molar refractivity (Wildman–Crippen MR) is 129 cm³/mol. The summed E-state index contributed by atoms with van der Waals surface area (Å²) in [5, 5.41) is 24.6. The number of aryl methyl sites for hydroxylation is 1. The molecule has 0 saturated heterocycles. The van der Waals surface area contributed by atoms with Crippen LogP contribution in [0.4, 0.5) is 11.6 Å². The summed E-state index contributed by atoms with van der Waals surface area (Å²) in [6.45, 7) is 0.331. The minimum absolute atomic E-state index is 0.0432. The molecule has 12 heteroatoms. The maximum atomic E-state index is 12.6. The number of aromatic amines is 1. The molecule has 1 atom stereocenters. The van der Waals surface area contributed by atoms with Crippen LogP contribution in [-0.2, 0) is 20.0 Å². The fraction of sp³-hybridized carbons (Fsp3) is 0.261. The number of imidazole rings is 1. The van der Waals surface area contributed by atoms with Gasteiger partial charge in [0.1, 0.15) is 18.5 Å². The summed E-state index contributed by atoms with van der Waals surface area (Å²) in [6.07, 6.45) is -0.348. The maximum Gasteiger partial charge on any atom is 0.329 e.